The van der Waals surface area contributed by atoms with Gasteiger partial charge in [0.1, 0.15) is 0 Å². The predicted octanol–water partition coefficient (Wildman–Crippen LogP) is 3.28. The number of halogens is 5. The highest BCUT2D eigenvalue weighted by molar-refractivity contribution is 5.98. The summed E-state index contributed by atoms with van der Waals surface area (Å²) in [6.45, 7) is 0.684. The molecule has 9 nitrogen and oxygen atoms in total. The summed E-state index contributed by atoms with van der Waals surface area (Å²) in [6.07, 6.45) is 2.07. The van der Waals surface area contributed by atoms with Crippen LogP contribution in [-0.4, -0.2) is 65.6 Å². The van der Waals surface area contributed by atoms with E-state index in [0.717, 1.165) is 4.90 Å². The van der Waals surface area contributed by atoms with Crippen LogP contribution in [0.2, 0.25) is 0 Å². The number of aryl methyl sites for hydroxylation is 1. The lowest BCUT2D eigenvalue weighted by atomic mass is 9.88. The number of carbonyl (C=O) groups is 1. The Balaban J connectivity index is 1.60. The zero-order chi connectivity index (χ0) is 25.4. The van der Waals surface area contributed by atoms with Crippen LogP contribution in [0.1, 0.15) is 29.4 Å². The van der Waals surface area contributed by atoms with E-state index < -0.39 is 48.5 Å². The van der Waals surface area contributed by atoms with Gasteiger partial charge >= 0.3 is 6.18 Å². The zero-order valence-corrected chi connectivity index (χ0v) is 18.7. The normalized spacial score (nSPS) is 20.0. The minimum Gasteiger partial charge on any atom is -0.352 e. The molecule has 1 saturated heterocycles. The molecule has 1 fully saturated rings. The standard InChI is InChI=1S/C21H21F5N8O/c1-12-5-20(22,23)11-34(16(12)9-31-19-29-6-13(7-30-19)21(24,25)26)18(35)17-14(10-33(2)32-17)15-8-27-3-4-28-15/h3-4,6-8,10,12,16H,5,9,11H2,1-2H3,(H,29,30,31)/t12-,16-/m1/s1. The molecule has 0 aromatic carbocycles. The molecule has 1 aliphatic rings. The van der Waals surface area contributed by atoms with E-state index in [2.05, 4.69) is 30.4 Å². The lowest BCUT2D eigenvalue weighted by molar-refractivity contribution is -0.138. The van der Waals surface area contributed by atoms with Crippen molar-refractivity contribution in [1.29, 1.82) is 0 Å². The first-order valence-electron chi connectivity index (χ1n) is 10.6. The van der Waals surface area contributed by atoms with Crippen LogP contribution in [-0.2, 0) is 13.2 Å². The van der Waals surface area contributed by atoms with Gasteiger partial charge in [0.25, 0.3) is 11.8 Å². The number of likely N-dealkylation sites (tertiary alicyclic amines) is 1. The number of nitrogens with zero attached hydrogens (tertiary/aromatic N) is 7. The topological polar surface area (TPSA) is 102 Å². The van der Waals surface area contributed by atoms with Crippen LogP contribution < -0.4 is 5.32 Å². The lowest BCUT2D eigenvalue weighted by Gasteiger charge is -2.43. The molecule has 4 rings (SSSR count). The third kappa shape index (κ3) is 5.35. The van der Waals surface area contributed by atoms with Crippen molar-refractivity contribution >= 4 is 11.9 Å². The first kappa shape index (κ1) is 24.4. The van der Waals surface area contributed by atoms with Crippen molar-refractivity contribution in [3.8, 4) is 11.3 Å². The number of amides is 1. The maximum Gasteiger partial charge on any atom is 0.419 e. The molecule has 4 heterocycles. The first-order chi connectivity index (χ1) is 16.4. The maximum atomic E-state index is 14.5. The van der Waals surface area contributed by atoms with Crippen molar-refractivity contribution < 1.29 is 26.7 Å². The molecule has 2 atom stereocenters. The Bertz CT molecular complexity index is 1180. The Morgan fingerprint density at radius 1 is 1.17 bits per heavy atom. The third-order valence-corrected chi connectivity index (χ3v) is 5.66. The molecule has 0 spiro atoms. The number of hydrogen-bond donors (Lipinski definition) is 1. The molecule has 1 amide bonds. The summed E-state index contributed by atoms with van der Waals surface area (Å²) in [6, 6.07) is -0.732. The van der Waals surface area contributed by atoms with E-state index in [9.17, 15) is 26.7 Å². The molecular formula is C21H21F5N8O. The Hall–Kier alpha value is -3.71. The molecule has 3 aromatic rings. The van der Waals surface area contributed by atoms with Gasteiger partial charge in [-0.25, -0.2) is 18.7 Å². The lowest BCUT2D eigenvalue weighted by Crippen LogP contribution is -2.57. The van der Waals surface area contributed by atoms with E-state index in [1.807, 2.05) is 0 Å². The number of anilines is 1. The molecule has 35 heavy (non-hydrogen) atoms. The molecule has 186 valence electrons. The van der Waals surface area contributed by atoms with E-state index >= 15 is 0 Å². The zero-order valence-electron chi connectivity index (χ0n) is 18.7. The van der Waals surface area contributed by atoms with Crippen LogP contribution in [0.5, 0.6) is 0 Å². The molecular weight excluding hydrogens is 475 g/mol. The van der Waals surface area contributed by atoms with E-state index in [0.29, 0.717) is 23.7 Å². The summed E-state index contributed by atoms with van der Waals surface area (Å²) >= 11 is 0. The SMILES string of the molecule is C[C@@H]1CC(F)(F)CN(C(=O)c2nn(C)cc2-c2cnccn2)[C@@H]1CNc1ncc(C(F)(F)F)cn1. The Morgan fingerprint density at radius 2 is 1.89 bits per heavy atom. The Labute approximate surface area is 196 Å². The fraction of sp³-hybridized carbons (Fsp3) is 0.429. The molecule has 1 N–H and O–H groups in total. The molecule has 0 bridgehead atoms. The van der Waals surface area contributed by atoms with Crippen molar-refractivity contribution in [2.45, 2.75) is 31.5 Å². The molecule has 0 unspecified atom stereocenters. The van der Waals surface area contributed by atoms with Gasteiger partial charge in [-0.15, -0.1) is 0 Å². The van der Waals surface area contributed by atoms with Gasteiger partial charge < -0.3 is 10.2 Å². The second-order valence-corrected chi connectivity index (χ2v) is 8.37. The average molecular weight is 496 g/mol. The van der Waals surface area contributed by atoms with Crippen molar-refractivity contribution in [3.63, 3.8) is 0 Å². The highest BCUT2D eigenvalue weighted by atomic mass is 19.4. The van der Waals surface area contributed by atoms with Gasteiger partial charge in [0.2, 0.25) is 5.95 Å². The summed E-state index contributed by atoms with van der Waals surface area (Å²) in [4.78, 5) is 30.0. The monoisotopic (exact) mass is 496 g/mol. The predicted molar refractivity (Wildman–Crippen MR) is 113 cm³/mol. The average Bonchev–Trinajstić information content (AvgIpc) is 3.19. The van der Waals surface area contributed by atoms with Crippen molar-refractivity contribution in [2.24, 2.45) is 13.0 Å². The van der Waals surface area contributed by atoms with Crippen LogP contribution >= 0.6 is 0 Å². The number of aromatic nitrogens is 6. The first-order valence-corrected chi connectivity index (χ1v) is 10.6. The van der Waals surface area contributed by atoms with Gasteiger partial charge in [-0.05, 0) is 5.92 Å². The number of hydrogen-bond acceptors (Lipinski definition) is 7. The fourth-order valence-electron chi connectivity index (χ4n) is 4.05. The van der Waals surface area contributed by atoms with Gasteiger partial charge in [0, 0.05) is 51.0 Å². The van der Waals surface area contributed by atoms with Crippen LogP contribution in [0.15, 0.2) is 37.2 Å². The van der Waals surface area contributed by atoms with Crippen molar-refractivity contribution in [1.82, 2.24) is 34.6 Å². The summed E-state index contributed by atoms with van der Waals surface area (Å²) in [5.74, 6) is -4.61. The van der Waals surface area contributed by atoms with E-state index in [-0.39, 0.29) is 18.2 Å². The number of carbonyl (C=O) groups excluding carboxylic acids is 1. The second-order valence-electron chi connectivity index (χ2n) is 8.37. The largest absolute Gasteiger partial charge is 0.419 e. The minimum atomic E-state index is -4.59. The van der Waals surface area contributed by atoms with Gasteiger partial charge in [-0.1, -0.05) is 6.92 Å². The highest BCUT2D eigenvalue weighted by Crippen LogP contribution is 2.36. The van der Waals surface area contributed by atoms with Gasteiger partial charge in [0.05, 0.1) is 35.6 Å². The third-order valence-electron chi connectivity index (χ3n) is 5.66. The van der Waals surface area contributed by atoms with Crippen molar-refractivity contribution in [3.05, 3.63) is 48.4 Å². The smallest absolute Gasteiger partial charge is 0.352 e. The van der Waals surface area contributed by atoms with Gasteiger partial charge in [0.15, 0.2) is 5.69 Å². The summed E-state index contributed by atoms with van der Waals surface area (Å²) in [5, 5.41) is 6.94. The van der Waals surface area contributed by atoms with Gasteiger partial charge in [-0.3, -0.25) is 19.4 Å². The molecule has 0 aliphatic carbocycles. The minimum absolute atomic E-state index is 0.0539. The van der Waals surface area contributed by atoms with Gasteiger partial charge in [-0.2, -0.15) is 18.3 Å². The molecule has 1 aliphatic heterocycles. The van der Waals surface area contributed by atoms with E-state index in [1.54, 1.807) is 20.2 Å². The Kier molecular flexibility index (Phi) is 6.38. The van der Waals surface area contributed by atoms with E-state index in [4.69, 9.17) is 0 Å². The number of rotatable bonds is 5. The maximum absolute atomic E-state index is 14.5. The summed E-state index contributed by atoms with van der Waals surface area (Å²) < 4.78 is 68.6. The van der Waals surface area contributed by atoms with Crippen LogP contribution in [0.25, 0.3) is 11.3 Å². The highest BCUT2D eigenvalue weighted by Gasteiger charge is 2.47. The van der Waals surface area contributed by atoms with Crippen molar-refractivity contribution in [2.75, 3.05) is 18.4 Å². The second kappa shape index (κ2) is 9.15. The number of nitrogens with one attached hydrogen (secondary N) is 1. The van der Waals surface area contributed by atoms with Crippen LogP contribution in [0.3, 0.4) is 0 Å². The molecule has 0 radical (unpaired) electrons. The number of piperidine rings is 1. The summed E-state index contributed by atoms with van der Waals surface area (Å²) in [5.41, 5.74) is -0.385. The van der Waals surface area contributed by atoms with Crippen LogP contribution in [0.4, 0.5) is 27.9 Å². The Morgan fingerprint density at radius 3 is 2.51 bits per heavy atom. The molecule has 3 aromatic heterocycles. The fourth-order valence-corrected chi connectivity index (χ4v) is 4.05. The van der Waals surface area contributed by atoms with Crippen LogP contribution in [0, 0.1) is 5.92 Å². The molecule has 14 heteroatoms. The quantitative estimate of drug-likeness (QED) is 0.541. The molecule has 0 saturated carbocycles. The van der Waals surface area contributed by atoms with E-state index in [1.165, 1.54) is 23.3 Å². The number of alkyl halides is 5. The summed E-state index contributed by atoms with van der Waals surface area (Å²) in [7, 11) is 1.59.